The van der Waals surface area contributed by atoms with Gasteiger partial charge < -0.3 is 0 Å². The molecule has 0 fully saturated rings. The predicted octanol–water partition coefficient (Wildman–Crippen LogP) is 4.13. The maximum atomic E-state index is 2.39. The summed E-state index contributed by atoms with van der Waals surface area (Å²) in [5.41, 5.74) is 0. The second-order valence-corrected chi connectivity index (χ2v) is 4.69. The lowest BCUT2D eigenvalue weighted by Gasteiger charge is -2.21. The normalized spacial score (nSPS) is 13.2. The van der Waals surface area contributed by atoms with E-state index >= 15 is 0 Å². The third-order valence-corrected chi connectivity index (χ3v) is 2.26. The zero-order valence-electron chi connectivity index (χ0n) is 9.46. The minimum absolute atomic E-state index is 0.685. The Balaban J connectivity index is 4.14. The minimum Gasteiger partial charge on any atom is -0.0857 e. The van der Waals surface area contributed by atoms with Crippen LogP contribution in [0.4, 0.5) is 0 Å². The maximum Gasteiger partial charge on any atom is -0.0187 e. The molecule has 0 aromatic carbocycles. The molecule has 0 amide bonds. The lowest BCUT2D eigenvalue weighted by molar-refractivity contribution is 0.354. The lowest BCUT2D eigenvalue weighted by Crippen LogP contribution is -2.12. The molecule has 0 saturated heterocycles. The Morgan fingerprint density at radius 1 is 0.667 bits per heavy atom. The van der Waals surface area contributed by atoms with Crippen molar-refractivity contribution in [3.8, 4) is 0 Å². The number of hydrogen-bond donors (Lipinski definition) is 0. The smallest absolute Gasteiger partial charge is 0.0187 e. The molecule has 0 heteroatoms. The van der Waals surface area contributed by atoms with Crippen molar-refractivity contribution in [2.45, 2.75) is 41.5 Å². The van der Waals surface area contributed by atoms with Gasteiger partial charge >= 0.3 is 0 Å². The summed E-state index contributed by atoms with van der Waals surface area (Å²) in [6.07, 6.45) is 4.71. The molecule has 0 unspecified atom stereocenters. The molecule has 0 radical (unpaired) electrons. The molecule has 72 valence electrons. The quantitative estimate of drug-likeness (QED) is 0.554. The fourth-order valence-corrected chi connectivity index (χ4v) is 1.56. The van der Waals surface area contributed by atoms with Crippen LogP contribution in [0.15, 0.2) is 12.2 Å². The first-order valence-corrected chi connectivity index (χ1v) is 5.13. The van der Waals surface area contributed by atoms with E-state index in [-0.39, 0.29) is 0 Å². The summed E-state index contributed by atoms with van der Waals surface area (Å²) in [5.74, 6) is 2.96. The van der Waals surface area contributed by atoms with Gasteiger partial charge in [-0.25, -0.2) is 0 Å². The molecule has 0 aliphatic heterocycles. The summed E-state index contributed by atoms with van der Waals surface area (Å²) in [4.78, 5) is 0. The molecule has 0 N–H and O–H groups in total. The van der Waals surface area contributed by atoms with Crippen LogP contribution in [0.1, 0.15) is 41.5 Å². The van der Waals surface area contributed by atoms with E-state index in [1.54, 1.807) is 0 Å². The molecule has 0 aliphatic carbocycles. The fraction of sp³-hybridized carbons (Fsp3) is 0.833. The molecule has 0 bridgehead atoms. The summed E-state index contributed by atoms with van der Waals surface area (Å²) >= 11 is 0. The molecule has 0 saturated carbocycles. The highest BCUT2D eigenvalue weighted by molar-refractivity contribution is 4.92. The van der Waals surface area contributed by atoms with Crippen LogP contribution in [0, 0.1) is 23.7 Å². The Morgan fingerprint density at radius 2 is 1.08 bits per heavy atom. The standard InChI is InChI=1S/C12H24/c1-9(2)7-8-12(10(3)4)11(5)6/h7-12H,1-6H3/b8-7+. The first-order chi connectivity index (χ1) is 5.45. The minimum atomic E-state index is 0.685. The van der Waals surface area contributed by atoms with Crippen LogP contribution in [0.3, 0.4) is 0 Å². The average molecular weight is 168 g/mol. The second kappa shape index (κ2) is 5.40. The van der Waals surface area contributed by atoms with Crippen molar-refractivity contribution in [1.29, 1.82) is 0 Å². The van der Waals surface area contributed by atoms with Crippen LogP contribution in [0.5, 0.6) is 0 Å². The fourth-order valence-electron chi connectivity index (χ4n) is 1.56. The maximum absolute atomic E-state index is 2.39. The Morgan fingerprint density at radius 3 is 1.33 bits per heavy atom. The van der Waals surface area contributed by atoms with Crippen molar-refractivity contribution in [1.82, 2.24) is 0 Å². The van der Waals surface area contributed by atoms with Crippen molar-refractivity contribution < 1.29 is 0 Å². The van der Waals surface area contributed by atoms with Gasteiger partial charge in [-0.2, -0.15) is 0 Å². The first-order valence-electron chi connectivity index (χ1n) is 5.13. The zero-order valence-corrected chi connectivity index (χ0v) is 9.46. The van der Waals surface area contributed by atoms with Crippen molar-refractivity contribution in [3.63, 3.8) is 0 Å². The molecule has 0 spiro atoms. The number of allylic oxidation sites excluding steroid dienone is 2. The van der Waals surface area contributed by atoms with E-state index in [0.717, 1.165) is 17.8 Å². The van der Waals surface area contributed by atoms with Gasteiger partial charge in [0.05, 0.1) is 0 Å². The van der Waals surface area contributed by atoms with Crippen LogP contribution >= 0.6 is 0 Å². The Kier molecular flexibility index (Phi) is 5.28. The predicted molar refractivity (Wildman–Crippen MR) is 57.1 cm³/mol. The summed E-state index contributed by atoms with van der Waals surface area (Å²) in [6.45, 7) is 13.7. The van der Waals surface area contributed by atoms with E-state index in [9.17, 15) is 0 Å². The third-order valence-electron chi connectivity index (χ3n) is 2.26. The van der Waals surface area contributed by atoms with E-state index in [0.29, 0.717) is 5.92 Å². The number of hydrogen-bond acceptors (Lipinski definition) is 0. The van der Waals surface area contributed by atoms with Gasteiger partial charge in [0.1, 0.15) is 0 Å². The monoisotopic (exact) mass is 168 g/mol. The van der Waals surface area contributed by atoms with Gasteiger partial charge in [0, 0.05) is 0 Å². The van der Waals surface area contributed by atoms with Crippen LogP contribution in [0.2, 0.25) is 0 Å². The van der Waals surface area contributed by atoms with E-state index in [4.69, 9.17) is 0 Å². The van der Waals surface area contributed by atoms with Crippen molar-refractivity contribution >= 4 is 0 Å². The van der Waals surface area contributed by atoms with E-state index in [1.807, 2.05) is 0 Å². The van der Waals surface area contributed by atoms with Gasteiger partial charge in [-0.3, -0.25) is 0 Å². The second-order valence-electron chi connectivity index (χ2n) is 4.69. The van der Waals surface area contributed by atoms with E-state index < -0.39 is 0 Å². The molecular weight excluding hydrogens is 144 g/mol. The van der Waals surface area contributed by atoms with Crippen LogP contribution < -0.4 is 0 Å². The van der Waals surface area contributed by atoms with Crippen LogP contribution in [-0.2, 0) is 0 Å². The highest BCUT2D eigenvalue weighted by Gasteiger charge is 2.13. The SMILES string of the molecule is CC(C)/C=C/C(C(C)C)C(C)C. The topological polar surface area (TPSA) is 0 Å². The Labute approximate surface area is 78.1 Å². The number of rotatable bonds is 4. The van der Waals surface area contributed by atoms with Gasteiger partial charge in [0.15, 0.2) is 0 Å². The molecule has 0 aromatic rings. The van der Waals surface area contributed by atoms with Crippen molar-refractivity contribution in [2.75, 3.05) is 0 Å². The summed E-state index contributed by atoms with van der Waals surface area (Å²) < 4.78 is 0. The Bertz CT molecular complexity index is 121. The van der Waals surface area contributed by atoms with Gasteiger partial charge in [0.2, 0.25) is 0 Å². The lowest BCUT2D eigenvalue weighted by atomic mass is 9.85. The highest BCUT2D eigenvalue weighted by atomic mass is 14.2. The van der Waals surface area contributed by atoms with Crippen molar-refractivity contribution in [2.24, 2.45) is 23.7 Å². The zero-order chi connectivity index (χ0) is 9.72. The molecule has 0 rings (SSSR count). The molecule has 0 heterocycles. The molecule has 0 aromatic heterocycles. The van der Waals surface area contributed by atoms with Gasteiger partial charge in [-0.05, 0) is 23.7 Å². The largest absolute Gasteiger partial charge is 0.0857 e. The highest BCUT2D eigenvalue weighted by Crippen LogP contribution is 2.22. The molecule has 0 nitrogen and oxygen atoms in total. The first kappa shape index (κ1) is 11.7. The van der Waals surface area contributed by atoms with Crippen LogP contribution in [-0.4, -0.2) is 0 Å². The van der Waals surface area contributed by atoms with Gasteiger partial charge in [-0.1, -0.05) is 53.7 Å². The van der Waals surface area contributed by atoms with Crippen molar-refractivity contribution in [3.05, 3.63) is 12.2 Å². The summed E-state index contributed by atoms with van der Waals surface area (Å²) in [7, 11) is 0. The van der Waals surface area contributed by atoms with Gasteiger partial charge in [0.25, 0.3) is 0 Å². The molecule has 0 aliphatic rings. The van der Waals surface area contributed by atoms with Crippen LogP contribution in [0.25, 0.3) is 0 Å². The van der Waals surface area contributed by atoms with E-state index in [1.165, 1.54) is 0 Å². The average Bonchev–Trinajstić information content (AvgIpc) is 1.84. The molecule has 0 atom stereocenters. The molecular formula is C12H24. The third kappa shape index (κ3) is 4.58. The Hall–Kier alpha value is -0.260. The molecule has 12 heavy (non-hydrogen) atoms. The summed E-state index contributed by atoms with van der Waals surface area (Å²) in [6, 6.07) is 0. The summed E-state index contributed by atoms with van der Waals surface area (Å²) in [5, 5.41) is 0. The van der Waals surface area contributed by atoms with E-state index in [2.05, 4.69) is 53.7 Å². The van der Waals surface area contributed by atoms with Gasteiger partial charge in [-0.15, -0.1) is 0 Å².